The second-order valence-corrected chi connectivity index (χ2v) is 3.89. The van der Waals surface area contributed by atoms with Gasteiger partial charge in [0.1, 0.15) is 6.07 Å². The van der Waals surface area contributed by atoms with E-state index in [4.69, 9.17) is 15.7 Å². The zero-order valence-corrected chi connectivity index (χ0v) is 10.4. The normalized spacial score (nSPS) is 9.62. The smallest absolute Gasteiger partial charge is 0.340 e. The van der Waals surface area contributed by atoms with Crippen LogP contribution in [-0.2, 0) is 11.3 Å². The fraction of sp³-hybridized carbons (Fsp3) is 0.273. The Bertz CT molecular complexity index is 452. The predicted octanol–water partition coefficient (Wildman–Crippen LogP) is 1.96. The molecule has 0 unspecified atom stereocenters. The van der Waals surface area contributed by atoms with Gasteiger partial charge in [-0.1, -0.05) is 0 Å². The second kappa shape index (κ2) is 5.64. The van der Waals surface area contributed by atoms with E-state index in [0.29, 0.717) is 11.0 Å². The van der Waals surface area contributed by atoms with Crippen molar-refractivity contribution in [2.24, 2.45) is 5.73 Å². The fourth-order valence-electron chi connectivity index (χ4n) is 1.28. The SMILES string of the molecule is CCOC(=O)c1c(Br)cc(CN)cc1C#N. The standard InChI is InChI=1S/C11H11BrN2O2/c1-2-16-11(15)10-8(6-14)3-7(5-13)4-9(10)12/h3-4H,2,5,13H2,1H3. The number of esters is 1. The van der Waals surface area contributed by atoms with Crippen molar-refractivity contribution in [1.29, 1.82) is 5.26 Å². The van der Waals surface area contributed by atoms with Crippen LogP contribution in [0, 0.1) is 11.3 Å². The summed E-state index contributed by atoms with van der Waals surface area (Å²) in [6, 6.07) is 5.27. The maximum atomic E-state index is 11.6. The summed E-state index contributed by atoms with van der Waals surface area (Å²) >= 11 is 3.24. The van der Waals surface area contributed by atoms with Crippen molar-refractivity contribution < 1.29 is 9.53 Å². The van der Waals surface area contributed by atoms with Crippen LogP contribution in [0.3, 0.4) is 0 Å². The molecule has 84 valence electrons. The van der Waals surface area contributed by atoms with Crippen LogP contribution in [0.1, 0.15) is 28.4 Å². The molecule has 1 aromatic carbocycles. The van der Waals surface area contributed by atoms with Crippen LogP contribution < -0.4 is 5.73 Å². The average Bonchev–Trinajstić information content (AvgIpc) is 2.27. The van der Waals surface area contributed by atoms with Gasteiger partial charge in [0, 0.05) is 11.0 Å². The minimum Gasteiger partial charge on any atom is -0.462 e. The summed E-state index contributed by atoms with van der Waals surface area (Å²) in [4.78, 5) is 11.6. The molecule has 4 nitrogen and oxygen atoms in total. The number of carbonyl (C=O) groups is 1. The number of halogens is 1. The number of ether oxygens (including phenoxy) is 1. The molecule has 16 heavy (non-hydrogen) atoms. The summed E-state index contributed by atoms with van der Waals surface area (Å²) in [5.74, 6) is -0.505. The zero-order chi connectivity index (χ0) is 12.1. The Balaban J connectivity index is 3.28. The van der Waals surface area contributed by atoms with Gasteiger partial charge >= 0.3 is 5.97 Å². The minimum atomic E-state index is -0.505. The minimum absolute atomic E-state index is 0.251. The summed E-state index contributed by atoms with van der Waals surface area (Å²) in [5, 5.41) is 8.96. The Labute approximate surface area is 102 Å². The monoisotopic (exact) mass is 282 g/mol. The quantitative estimate of drug-likeness (QED) is 0.860. The van der Waals surface area contributed by atoms with Crippen LogP contribution >= 0.6 is 15.9 Å². The molecule has 0 saturated heterocycles. The van der Waals surface area contributed by atoms with Crippen LogP contribution in [0.25, 0.3) is 0 Å². The maximum Gasteiger partial charge on any atom is 0.340 e. The lowest BCUT2D eigenvalue weighted by molar-refractivity contribution is 0.0525. The molecule has 0 spiro atoms. The van der Waals surface area contributed by atoms with Crippen molar-refractivity contribution in [1.82, 2.24) is 0 Å². The molecule has 0 fully saturated rings. The molecule has 0 saturated carbocycles. The Morgan fingerprint density at radius 3 is 2.81 bits per heavy atom. The lowest BCUT2D eigenvalue weighted by Gasteiger charge is -2.08. The number of carbonyl (C=O) groups excluding carboxylic acids is 1. The molecule has 5 heteroatoms. The van der Waals surface area contributed by atoms with Crippen molar-refractivity contribution in [2.45, 2.75) is 13.5 Å². The molecule has 0 aliphatic rings. The average molecular weight is 283 g/mol. The van der Waals surface area contributed by atoms with Crippen LogP contribution in [0.5, 0.6) is 0 Å². The van der Waals surface area contributed by atoms with E-state index in [0.717, 1.165) is 5.56 Å². The number of nitrogens with two attached hydrogens (primary N) is 1. The number of benzene rings is 1. The van der Waals surface area contributed by atoms with Gasteiger partial charge in [-0.3, -0.25) is 0 Å². The molecular formula is C11H11BrN2O2. The third-order valence-corrected chi connectivity index (χ3v) is 2.61. The first kappa shape index (κ1) is 12.7. The van der Waals surface area contributed by atoms with E-state index in [9.17, 15) is 4.79 Å². The van der Waals surface area contributed by atoms with E-state index >= 15 is 0 Å². The van der Waals surface area contributed by atoms with Gasteiger partial charge < -0.3 is 10.5 Å². The highest BCUT2D eigenvalue weighted by Crippen LogP contribution is 2.23. The van der Waals surface area contributed by atoms with Gasteiger partial charge in [0.25, 0.3) is 0 Å². The van der Waals surface area contributed by atoms with E-state index in [1.54, 1.807) is 19.1 Å². The molecule has 1 aromatic rings. The first-order chi connectivity index (χ1) is 7.63. The number of hydrogen-bond acceptors (Lipinski definition) is 4. The van der Waals surface area contributed by atoms with E-state index in [1.807, 2.05) is 6.07 Å². The molecule has 0 aromatic heterocycles. The van der Waals surface area contributed by atoms with Gasteiger partial charge in [0.2, 0.25) is 0 Å². The molecular weight excluding hydrogens is 272 g/mol. The number of nitriles is 1. The maximum absolute atomic E-state index is 11.6. The van der Waals surface area contributed by atoms with Gasteiger partial charge in [0.05, 0.1) is 17.7 Å². The second-order valence-electron chi connectivity index (χ2n) is 3.04. The number of nitrogens with zero attached hydrogens (tertiary/aromatic N) is 1. The van der Waals surface area contributed by atoms with E-state index in [-0.39, 0.29) is 17.7 Å². The van der Waals surface area contributed by atoms with Gasteiger partial charge in [-0.15, -0.1) is 0 Å². The van der Waals surface area contributed by atoms with Crippen molar-refractivity contribution in [3.63, 3.8) is 0 Å². The van der Waals surface area contributed by atoms with E-state index in [1.165, 1.54) is 0 Å². The van der Waals surface area contributed by atoms with Crippen LogP contribution in [0.2, 0.25) is 0 Å². The highest BCUT2D eigenvalue weighted by molar-refractivity contribution is 9.10. The van der Waals surface area contributed by atoms with Gasteiger partial charge in [-0.05, 0) is 40.5 Å². The fourth-order valence-corrected chi connectivity index (χ4v) is 1.95. The van der Waals surface area contributed by atoms with Crippen molar-refractivity contribution in [3.05, 3.63) is 33.3 Å². The highest BCUT2D eigenvalue weighted by atomic mass is 79.9. The van der Waals surface area contributed by atoms with Gasteiger partial charge in [0.15, 0.2) is 0 Å². The van der Waals surface area contributed by atoms with Crippen molar-refractivity contribution in [3.8, 4) is 6.07 Å². The highest BCUT2D eigenvalue weighted by Gasteiger charge is 2.17. The summed E-state index contributed by atoms with van der Waals surface area (Å²) in [5.41, 5.74) is 6.79. The molecule has 0 amide bonds. The first-order valence-corrected chi connectivity index (χ1v) is 5.53. The topological polar surface area (TPSA) is 76.1 Å². The molecule has 0 bridgehead atoms. The largest absolute Gasteiger partial charge is 0.462 e. The first-order valence-electron chi connectivity index (χ1n) is 4.73. The molecule has 0 aliphatic carbocycles. The third-order valence-electron chi connectivity index (χ3n) is 1.99. The Kier molecular flexibility index (Phi) is 4.47. The molecule has 0 atom stereocenters. The lowest BCUT2D eigenvalue weighted by Crippen LogP contribution is -2.09. The van der Waals surface area contributed by atoms with Gasteiger partial charge in [-0.2, -0.15) is 5.26 Å². The number of hydrogen-bond donors (Lipinski definition) is 1. The Morgan fingerprint density at radius 2 is 2.31 bits per heavy atom. The Morgan fingerprint density at radius 1 is 1.62 bits per heavy atom. The van der Waals surface area contributed by atoms with Crippen LogP contribution in [0.4, 0.5) is 0 Å². The Hall–Kier alpha value is -1.38. The molecule has 0 aliphatic heterocycles. The number of rotatable bonds is 3. The summed E-state index contributed by atoms with van der Waals surface area (Å²) < 4.78 is 5.41. The zero-order valence-electron chi connectivity index (χ0n) is 8.79. The summed E-state index contributed by atoms with van der Waals surface area (Å²) in [6.45, 7) is 2.30. The molecule has 0 radical (unpaired) electrons. The van der Waals surface area contributed by atoms with Crippen LogP contribution in [0.15, 0.2) is 16.6 Å². The van der Waals surface area contributed by atoms with E-state index in [2.05, 4.69) is 15.9 Å². The van der Waals surface area contributed by atoms with Crippen molar-refractivity contribution >= 4 is 21.9 Å². The molecule has 1 rings (SSSR count). The predicted molar refractivity (Wildman–Crippen MR) is 62.7 cm³/mol. The third kappa shape index (κ3) is 2.60. The van der Waals surface area contributed by atoms with Crippen LogP contribution in [-0.4, -0.2) is 12.6 Å². The van der Waals surface area contributed by atoms with Gasteiger partial charge in [-0.25, -0.2) is 4.79 Å². The molecule has 0 heterocycles. The summed E-state index contributed by atoms with van der Waals surface area (Å²) in [6.07, 6.45) is 0. The van der Waals surface area contributed by atoms with E-state index < -0.39 is 5.97 Å². The van der Waals surface area contributed by atoms with Crippen molar-refractivity contribution in [2.75, 3.05) is 6.61 Å². The lowest BCUT2D eigenvalue weighted by atomic mass is 10.0. The molecule has 2 N–H and O–H groups in total. The summed E-state index contributed by atoms with van der Waals surface area (Å²) in [7, 11) is 0.